The lowest BCUT2D eigenvalue weighted by molar-refractivity contribution is -0.380. The second kappa shape index (κ2) is 7.16. The average Bonchev–Trinajstić information content (AvgIpc) is 3.01. The SMILES string of the molecule is O=[N+]([O-])c1cc(CNCCc2cc(Cl)c3c(c2)OCCO3)cs1. The normalized spacial score (nSPS) is 13.1. The van der Waals surface area contributed by atoms with Crippen molar-refractivity contribution in [3.05, 3.63) is 49.8 Å². The summed E-state index contributed by atoms with van der Waals surface area (Å²) in [7, 11) is 0. The van der Waals surface area contributed by atoms with Gasteiger partial charge in [-0.3, -0.25) is 10.1 Å². The van der Waals surface area contributed by atoms with Crippen LogP contribution in [0.25, 0.3) is 0 Å². The molecule has 3 rings (SSSR count). The number of rotatable bonds is 6. The Bertz CT molecular complexity index is 719. The van der Waals surface area contributed by atoms with Gasteiger partial charge in [0.25, 0.3) is 0 Å². The molecule has 122 valence electrons. The molecule has 1 aromatic carbocycles. The monoisotopic (exact) mass is 354 g/mol. The van der Waals surface area contributed by atoms with Gasteiger partial charge in [0, 0.05) is 18.0 Å². The molecule has 23 heavy (non-hydrogen) atoms. The molecule has 8 heteroatoms. The molecule has 1 aliphatic rings. The van der Waals surface area contributed by atoms with Gasteiger partial charge in [-0.05, 0) is 36.2 Å². The van der Waals surface area contributed by atoms with Crippen LogP contribution in [0.4, 0.5) is 5.00 Å². The van der Waals surface area contributed by atoms with Crippen LogP contribution in [-0.4, -0.2) is 24.7 Å². The van der Waals surface area contributed by atoms with Crippen LogP contribution in [0.2, 0.25) is 5.02 Å². The Morgan fingerprint density at radius 3 is 2.87 bits per heavy atom. The van der Waals surface area contributed by atoms with Crippen LogP contribution in [0.15, 0.2) is 23.6 Å². The number of halogens is 1. The fourth-order valence-corrected chi connectivity index (χ4v) is 3.34. The van der Waals surface area contributed by atoms with Gasteiger partial charge in [0.05, 0.1) is 9.95 Å². The number of hydrogen-bond acceptors (Lipinski definition) is 6. The Kier molecular flexibility index (Phi) is 5.00. The summed E-state index contributed by atoms with van der Waals surface area (Å²) in [6.45, 7) is 2.38. The van der Waals surface area contributed by atoms with E-state index in [9.17, 15) is 10.1 Å². The van der Waals surface area contributed by atoms with E-state index in [4.69, 9.17) is 21.1 Å². The summed E-state index contributed by atoms with van der Waals surface area (Å²) < 4.78 is 11.0. The number of thiophene rings is 1. The first kappa shape index (κ1) is 16.0. The van der Waals surface area contributed by atoms with Crippen LogP contribution < -0.4 is 14.8 Å². The number of fused-ring (bicyclic) bond motifs is 1. The predicted molar refractivity (Wildman–Crippen MR) is 88.8 cm³/mol. The van der Waals surface area contributed by atoms with Gasteiger partial charge in [0.2, 0.25) is 0 Å². The first-order chi connectivity index (χ1) is 11.1. The van der Waals surface area contributed by atoms with Crippen LogP contribution in [0.5, 0.6) is 11.5 Å². The van der Waals surface area contributed by atoms with Gasteiger partial charge < -0.3 is 14.8 Å². The van der Waals surface area contributed by atoms with Gasteiger partial charge in [-0.25, -0.2) is 0 Å². The second-order valence-electron chi connectivity index (χ2n) is 5.08. The predicted octanol–water partition coefficient (Wildman–Crippen LogP) is 3.41. The zero-order chi connectivity index (χ0) is 16.2. The van der Waals surface area contributed by atoms with Gasteiger partial charge in [0.1, 0.15) is 13.2 Å². The summed E-state index contributed by atoms with van der Waals surface area (Å²) in [5, 5.41) is 16.4. The molecule has 0 radical (unpaired) electrons. The van der Waals surface area contributed by atoms with Crippen molar-refractivity contribution < 1.29 is 14.4 Å². The molecule has 0 saturated carbocycles. The van der Waals surface area contributed by atoms with Crippen molar-refractivity contribution >= 4 is 27.9 Å². The largest absolute Gasteiger partial charge is 0.486 e. The van der Waals surface area contributed by atoms with E-state index < -0.39 is 0 Å². The quantitative estimate of drug-likeness (QED) is 0.489. The van der Waals surface area contributed by atoms with Crippen molar-refractivity contribution in [2.75, 3.05) is 19.8 Å². The molecule has 6 nitrogen and oxygen atoms in total. The molecule has 0 unspecified atom stereocenters. The minimum atomic E-state index is -0.370. The van der Waals surface area contributed by atoms with Crippen molar-refractivity contribution in [1.29, 1.82) is 0 Å². The van der Waals surface area contributed by atoms with E-state index in [1.54, 1.807) is 11.4 Å². The maximum absolute atomic E-state index is 10.6. The lowest BCUT2D eigenvalue weighted by Gasteiger charge is -2.20. The Hall–Kier alpha value is -1.83. The average molecular weight is 355 g/mol. The highest BCUT2D eigenvalue weighted by Gasteiger charge is 2.16. The smallest absolute Gasteiger partial charge is 0.324 e. The molecule has 0 atom stereocenters. The summed E-state index contributed by atoms with van der Waals surface area (Å²) in [5.74, 6) is 1.30. The Balaban J connectivity index is 1.52. The number of nitrogens with zero attached hydrogens (tertiary/aromatic N) is 1. The van der Waals surface area contributed by atoms with Gasteiger partial charge in [0.15, 0.2) is 11.5 Å². The Labute approximate surface area is 142 Å². The van der Waals surface area contributed by atoms with E-state index in [0.29, 0.717) is 36.3 Å². The Morgan fingerprint density at radius 2 is 2.09 bits per heavy atom. The van der Waals surface area contributed by atoms with Crippen LogP contribution in [0, 0.1) is 10.1 Å². The molecular weight excluding hydrogens is 340 g/mol. The van der Waals surface area contributed by atoms with Crippen molar-refractivity contribution in [2.45, 2.75) is 13.0 Å². The highest BCUT2D eigenvalue weighted by atomic mass is 35.5. The summed E-state index contributed by atoms with van der Waals surface area (Å²) in [6, 6.07) is 5.42. The first-order valence-electron chi connectivity index (χ1n) is 7.14. The lowest BCUT2D eigenvalue weighted by Crippen LogP contribution is -2.18. The minimum absolute atomic E-state index is 0.167. The standard InChI is InChI=1S/C15H15ClN2O4S/c16-12-5-10(6-13-15(12)22-4-3-21-13)1-2-17-8-11-7-14(18(19)20)23-9-11/h5-7,9,17H,1-4,8H2. The third kappa shape index (κ3) is 3.93. The summed E-state index contributed by atoms with van der Waals surface area (Å²) in [5.41, 5.74) is 1.98. The van der Waals surface area contributed by atoms with E-state index in [1.807, 2.05) is 12.1 Å². The van der Waals surface area contributed by atoms with Crippen molar-refractivity contribution in [1.82, 2.24) is 5.32 Å². The molecule has 0 spiro atoms. The number of benzene rings is 1. The highest BCUT2D eigenvalue weighted by molar-refractivity contribution is 7.13. The molecule has 2 aromatic rings. The third-order valence-corrected chi connectivity index (χ3v) is 4.61. The summed E-state index contributed by atoms with van der Waals surface area (Å²) in [4.78, 5) is 10.3. The van der Waals surface area contributed by atoms with E-state index >= 15 is 0 Å². The number of hydrogen-bond donors (Lipinski definition) is 1. The highest BCUT2D eigenvalue weighted by Crippen LogP contribution is 2.38. The van der Waals surface area contributed by atoms with Crippen LogP contribution in [-0.2, 0) is 13.0 Å². The molecule has 0 saturated heterocycles. The topological polar surface area (TPSA) is 73.6 Å². The van der Waals surface area contributed by atoms with Crippen molar-refractivity contribution in [3.63, 3.8) is 0 Å². The summed E-state index contributed by atoms with van der Waals surface area (Å²) in [6.07, 6.45) is 0.780. The fourth-order valence-electron chi connectivity index (χ4n) is 2.33. The number of nitrogens with one attached hydrogen (secondary N) is 1. The van der Waals surface area contributed by atoms with Crippen LogP contribution >= 0.6 is 22.9 Å². The summed E-state index contributed by atoms with van der Waals surface area (Å²) >= 11 is 7.34. The van der Waals surface area contributed by atoms with Gasteiger partial charge in [-0.15, -0.1) is 0 Å². The molecule has 1 N–H and O–H groups in total. The third-order valence-electron chi connectivity index (χ3n) is 3.40. The lowest BCUT2D eigenvalue weighted by atomic mass is 10.1. The van der Waals surface area contributed by atoms with E-state index in [1.165, 1.54) is 0 Å². The molecule has 1 aliphatic heterocycles. The molecule has 0 bridgehead atoms. The maximum Gasteiger partial charge on any atom is 0.324 e. The van der Waals surface area contributed by atoms with Crippen molar-refractivity contribution in [2.24, 2.45) is 0 Å². The van der Waals surface area contributed by atoms with Crippen molar-refractivity contribution in [3.8, 4) is 11.5 Å². The first-order valence-corrected chi connectivity index (χ1v) is 8.40. The zero-order valence-corrected chi connectivity index (χ0v) is 13.8. The van der Waals surface area contributed by atoms with Gasteiger partial charge in [-0.1, -0.05) is 22.9 Å². The molecule has 1 aromatic heterocycles. The van der Waals surface area contributed by atoms with E-state index in [2.05, 4.69) is 5.32 Å². The van der Waals surface area contributed by atoms with Crippen LogP contribution in [0.1, 0.15) is 11.1 Å². The second-order valence-corrected chi connectivity index (χ2v) is 6.38. The molecule has 0 fully saturated rings. The van der Waals surface area contributed by atoms with Gasteiger partial charge >= 0.3 is 5.00 Å². The maximum atomic E-state index is 10.6. The molecular formula is C15H15ClN2O4S. The molecule has 0 amide bonds. The molecule has 0 aliphatic carbocycles. The number of ether oxygens (including phenoxy) is 2. The zero-order valence-electron chi connectivity index (χ0n) is 12.2. The van der Waals surface area contributed by atoms with Crippen LogP contribution in [0.3, 0.4) is 0 Å². The minimum Gasteiger partial charge on any atom is -0.486 e. The fraction of sp³-hybridized carbons (Fsp3) is 0.333. The van der Waals surface area contributed by atoms with E-state index in [-0.39, 0.29) is 9.92 Å². The number of nitro groups is 1. The van der Waals surface area contributed by atoms with E-state index in [0.717, 1.165) is 35.4 Å². The molecule has 2 heterocycles. The van der Waals surface area contributed by atoms with Gasteiger partial charge in [-0.2, -0.15) is 0 Å². The Morgan fingerprint density at radius 1 is 1.26 bits per heavy atom.